The molecule has 3 saturated heterocycles. The molecule has 3 aliphatic carbocycles. The van der Waals surface area contributed by atoms with Crippen LogP contribution in [0.2, 0.25) is 0 Å². The average molecular weight is 1420 g/mol. The number of ketones is 2. The van der Waals surface area contributed by atoms with Gasteiger partial charge in [-0.05, 0) is 125 Å². The SMILES string of the molecule is C.CNc1cc(Nc2cccn([C@@H]3CCCOC3)c2=O)nc2c(C(=O)C[C@@H]3CC[C@H]3OC)cnn12.CNc1cc(Nc2cccn([C@@H]3CCCOC3)c2=O)nc2c(C(=O)C[C@@H]3CC[C@H]3OC)cnn12.CNc1cc(Nc2cccn([C@@H]3CCCOC3)c2=O)nc2c(C(=O)N[C@H]3CC[C@@H]3OC)cnn12. The summed E-state index contributed by atoms with van der Waals surface area (Å²) in [6.45, 7) is 3.79. The molecule has 9 aromatic heterocycles. The number of pyridine rings is 3. The molecule has 3 saturated carbocycles. The minimum absolute atomic E-state index is 0. The maximum atomic E-state index is 13.2. The van der Waals surface area contributed by atoms with E-state index >= 15 is 0 Å². The molecule has 12 heterocycles. The number of amides is 1. The Balaban J connectivity index is 0.000000145. The van der Waals surface area contributed by atoms with E-state index in [9.17, 15) is 28.8 Å². The third-order valence-electron chi connectivity index (χ3n) is 20.4. The lowest BCUT2D eigenvalue weighted by Crippen LogP contribution is -2.51. The van der Waals surface area contributed by atoms with Gasteiger partial charge >= 0.3 is 0 Å². The van der Waals surface area contributed by atoms with E-state index in [1.165, 1.54) is 6.20 Å². The number of rotatable bonds is 23. The van der Waals surface area contributed by atoms with E-state index in [-0.39, 0.29) is 95.9 Å². The summed E-state index contributed by atoms with van der Waals surface area (Å²) in [5.41, 5.74) is 3.38. The molecular weight excluding hydrogens is 1320 g/mol. The van der Waals surface area contributed by atoms with Crippen molar-refractivity contribution in [3.8, 4) is 0 Å². The van der Waals surface area contributed by atoms with Gasteiger partial charge in [-0.2, -0.15) is 28.8 Å². The molecule has 0 aromatic carbocycles. The predicted molar refractivity (Wildman–Crippen MR) is 390 cm³/mol. The first kappa shape index (κ1) is 72.9. The molecule has 6 aliphatic rings. The lowest BCUT2D eigenvalue weighted by molar-refractivity contribution is -0.0171. The Labute approximate surface area is 594 Å². The summed E-state index contributed by atoms with van der Waals surface area (Å²) >= 11 is 0. The number of Topliss-reactive ketones (excluding diaryl/α,β-unsaturated/α-hetero) is 2. The van der Waals surface area contributed by atoms with Gasteiger partial charge in [0.05, 0.1) is 92.0 Å². The zero-order valence-electron chi connectivity index (χ0n) is 58.3. The molecule has 9 aromatic rings. The van der Waals surface area contributed by atoms with E-state index in [4.69, 9.17) is 28.4 Å². The highest BCUT2D eigenvalue weighted by molar-refractivity contribution is 6.03. The second kappa shape index (κ2) is 33.0. The van der Waals surface area contributed by atoms with Gasteiger partial charge in [-0.15, -0.1) is 0 Å². The molecule has 15 rings (SSSR count). The molecule has 6 fully saturated rings. The van der Waals surface area contributed by atoms with E-state index in [0.717, 1.165) is 96.9 Å². The van der Waals surface area contributed by atoms with Crippen molar-refractivity contribution in [1.82, 2.24) is 62.8 Å². The largest absolute Gasteiger partial charge is 0.381 e. The summed E-state index contributed by atoms with van der Waals surface area (Å²) in [7, 11) is 10.3. The molecule has 1 amide bonds. The number of nitrogens with one attached hydrogen (secondary N) is 7. The zero-order valence-corrected chi connectivity index (χ0v) is 58.3. The first-order valence-corrected chi connectivity index (χ1v) is 35.1. The second-order valence-corrected chi connectivity index (χ2v) is 26.5. The fraction of sp³-hybridized carbons (Fsp3) is 0.500. The zero-order chi connectivity index (χ0) is 71.0. The molecule has 103 heavy (non-hydrogen) atoms. The first-order chi connectivity index (χ1) is 49.8. The lowest BCUT2D eigenvalue weighted by atomic mass is 9.78. The number of carbonyl (C=O) groups excluding carboxylic acids is 3. The maximum absolute atomic E-state index is 13.2. The highest BCUT2D eigenvalue weighted by Gasteiger charge is 2.36. The number of anilines is 9. The van der Waals surface area contributed by atoms with Crippen molar-refractivity contribution in [2.75, 3.05) is 114 Å². The Kier molecular flexibility index (Phi) is 23.4. The van der Waals surface area contributed by atoms with Crippen molar-refractivity contribution < 1.29 is 42.8 Å². The van der Waals surface area contributed by atoms with E-state index in [0.29, 0.717) is 118 Å². The van der Waals surface area contributed by atoms with Gasteiger partial charge in [0.1, 0.15) is 57.5 Å². The molecule has 548 valence electrons. The standard InChI is InChI=1S/2C24H30N6O4.C23H29N7O4.CH4/c2*1-25-22-12-21(27-18-6-3-9-29(24(18)32)16-5-4-10-34-14-16)28-23-17(13-26-30(22)23)19(31)11-15-7-8-20(15)33-2;1-24-20-11-19(26-17-6-3-9-29(23(17)32)14-5-4-10-34-13-14)28-21-15(12-25-30(20)21)22(31)27-16-7-8-18(16)33-2;/h2*3,6,9,12-13,15-16,20,25H,4-5,7-8,10-11,14H2,1-2H3,(H,27,28);3,6,9,11-12,14,16,18,24H,4-5,7-8,10,13H2,1-2H3,(H,26,28)(H,27,31);1H4/t2*15-,16+,20+;14-,16+,18+;/m001./s1. The molecular formula is C72H93N19O12. The third kappa shape index (κ3) is 15.7. The van der Waals surface area contributed by atoms with Crippen molar-refractivity contribution in [3.63, 3.8) is 0 Å². The van der Waals surface area contributed by atoms with Crippen LogP contribution in [-0.4, -0.2) is 181 Å². The quantitative estimate of drug-likeness (QED) is 0.0294. The van der Waals surface area contributed by atoms with Gasteiger partial charge in [0.2, 0.25) is 0 Å². The lowest BCUT2D eigenvalue weighted by Gasteiger charge is -2.35. The maximum Gasteiger partial charge on any atom is 0.274 e. The van der Waals surface area contributed by atoms with Crippen molar-refractivity contribution in [1.29, 1.82) is 0 Å². The van der Waals surface area contributed by atoms with Crippen LogP contribution in [0.5, 0.6) is 0 Å². The van der Waals surface area contributed by atoms with Crippen LogP contribution in [0, 0.1) is 11.8 Å². The van der Waals surface area contributed by atoms with E-state index in [2.05, 4.69) is 67.5 Å². The Morgan fingerprint density at radius 2 is 0.825 bits per heavy atom. The number of nitrogens with zero attached hydrogens (tertiary/aromatic N) is 12. The highest BCUT2D eigenvalue weighted by Crippen LogP contribution is 2.36. The van der Waals surface area contributed by atoms with Gasteiger partial charge < -0.3 is 79.3 Å². The van der Waals surface area contributed by atoms with Gasteiger partial charge in [0.25, 0.3) is 22.6 Å². The monoisotopic (exact) mass is 1420 g/mol. The van der Waals surface area contributed by atoms with Crippen LogP contribution < -0.4 is 53.9 Å². The van der Waals surface area contributed by atoms with Crippen molar-refractivity contribution in [3.05, 3.63) is 140 Å². The second-order valence-electron chi connectivity index (χ2n) is 26.5. The Bertz CT molecular complexity index is 4190. The summed E-state index contributed by atoms with van der Waals surface area (Å²) in [5.74, 6) is 3.46. The van der Waals surface area contributed by atoms with Gasteiger partial charge in [0, 0.05) is 112 Å². The van der Waals surface area contributed by atoms with Gasteiger partial charge in [-0.25, -0.2) is 15.0 Å². The summed E-state index contributed by atoms with van der Waals surface area (Å²) in [4.78, 5) is 92.5. The summed E-state index contributed by atoms with van der Waals surface area (Å²) in [6, 6.07) is 16.0. The number of methoxy groups -OCH3 is 3. The van der Waals surface area contributed by atoms with Crippen molar-refractivity contribution >= 4 is 86.4 Å². The summed E-state index contributed by atoms with van der Waals surface area (Å²) in [5, 5.41) is 34.8. The number of aromatic nitrogens is 12. The Morgan fingerprint density at radius 3 is 1.13 bits per heavy atom. The van der Waals surface area contributed by atoms with Crippen molar-refractivity contribution in [2.45, 2.75) is 140 Å². The van der Waals surface area contributed by atoms with Crippen LogP contribution >= 0.6 is 0 Å². The van der Waals surface area contributed by atoms with Crippen LogP contribution in [0.15, 0.2) is 106 Å². The van der Waals surface area contributed by atoms with Gasteiger partial charge in [-0.3, -0.25) is 28.8 Å². The van der Waals surface area contributed by atoms with E-state index in [1.54, 1.807) is 137 Å². The number of fused-ring (bicyclic) bond motifs is 3. The van der Waals surface area contributed by atoms with Crippen LogP contribution in [0.3, 0.4) is 0 Å². The minimum Gasteiger partial charge on any atom is -0.381 e. The first-order valence-electron chi connectivity index (χ1n) is 35.1. The van der Waals surface area contributed by atoms with Gasteiger partial charge in [-0.1, -0.05) is 7.43 Å². The number of ether oxygens (including phenoxy) is 6. The molecule has 3 aliphatic heterocycles. The van der Waals surface area contributed by atoms with Crippen LogP contribution in [0.4, 0.5) is 52.0 Å². The van der Waals surface area contributed by atoms with Gasteiger partial charge in [0.15, 0.2) is 28.5 Å². The fourth-order valence-electron chi connectivity index (χ4n) is 14.1. The fourth-order valence-corrected chi connectivity index (χ4v) is 14.1. The van der Waals surface area contributed by atoms with Crippen molar-refractivity contribution in [2.24, 2.45) is 11.8 Å². The number of hydrogen-bond acceptors (Lipinski definition) is 24. The van der Waals surface area contributed by atoms with Crippen LogP contribution in [-0.2, 0) is 28.4 Å². The molecule has 7 N–H and O–H groups in total. The number of carbonyl (C=O) groups is 3. The highest BCUT2D eigenvalue weighted by atomic mass is 16.5. The smallest absolute Gasteiger partial charge is 0.274 e. The molecule has 0 spiro atoms. The predicted octanol–water partition coefficient (Wildman–Crippen LogP) is 8.62. The molecule has 0 bridgehead atoms. The minimum atomic E-state index is -0.257. The normalized spacial score (nSPS) is 22.1. The Morgan fingerprint density at radius 1 is 0.476 bits per heavy atom. The molecule has 0 radical (unpaired) electrons. The van der Waals surface area contributed by atoms with E-state index in [1.807, 2.05) is 18.2 Å². The average Bonchev–Trinajstić information content (AvgIpc) is 1.68. The van der Waals surface area contributed by atoms with E-state index < -0.39 is 0 Å². The summed E-state index contributed by atoms with van der Waals surface area (Å²) in [6.07, 6.45) is 22.4. The third-order valence-corrected chi connectivity index (χ3v) is 20.4. The topological polar surface area (TPSA) is 347 Å². The van der Waals surface area contributed by atoms with Crippen LogP contribution in [0.1, 0.15) is 147 Å². The molecule has 31 nitrogen and oxygen atoms in total. The molecule has 9 atom stereocenters. The molecule has 31 heteroatoms. The summed E-state index contributed by atoms with van der Waals surface area (Å²) < 4.78 is 42.9. The van der Waals surface area contributed by atoms with Crippen LogP contribution in [0.25, 0.3) is 16.9 Å². The Hall–Kier alpha value is -9.92. The molecule has 0 unspecified atom stereocenters. The number of hydrogen-bond donors (Lipinski definition) is 7.